The average Bonchev–Trinajstić information content (AvgIpc) is 3.02. The highest BCUT2D eigenvalue weighted by Gasteiger charge is 2.11. The van der Waals surface area contributed by atoms with Gasteiger partial charge in [-0.3, -0.25) is 4.57 Å². The molecular formula is C16H20F3N5. The van der Waals surface area contributed by atoms with Crippen LogP contribution in [0.3, 0.4) is 0 Å². The van der Waals surface area contributed by atoms with Gasteiger partial charge in [-0.1, -0.05) is 12.1 Å². The van der Waals surface area contributed by atoms with Crippen LogP contribution in [0, 0.1) is 12.7 Å². The second-order valence-electron chi connectivity index (χ2n) is 5.16. The molecule has 0 spiro atoms. The van der Waals surface area contributed by atoms with Gasteiger partial charge in [-0.05, 0) is 31.0 Å². The minimum atomic E-state index is -2.64. The van der Waals surface area contributed by atoms with E-state index in [0.717, 1.165) is 10.1 Å². The van der Waals surface area contributed by atoms with E-state index < -0.39 is 6.55 Å². The van der Waals surface area contributed by atoms with Crippen molar-refractivity contribution in [1.82, 2.24) is 20.2 Å². The van der Waals surface area contributed by atoms with E-state index in [1.807, 2.05) is 6.92 Å². The first-order chi connectivity index (χ1) is 11.5. The lowest BCUT2D eigenvalue weighted by Gasteiger charge is -2.12. The molecule has 24 heavy (non-hydrogen) atoms. The van der Waals surface area contributed by atoms with Crippen LogP contribution < -0.4 is 10.6 Å². The van der Waals surface area contributed by atoms with Gasteiger partial charge in [-0.2, -0.15) is 8.78 Å². The van der Waals surface area contributed by atoms with Crippen LogP contribution in [0.1, 0.15) is 30.4 Å². The smallest absolute Gasteiger partial charge is 0.319 e. The second-order valence-corrected chi connectivity index (χ2v) is 5.16. The maximum Gasteiger partial charge on any atom is 0.319 e. The highest BCUT2D eigenvalue weighted by atomic mass is 19.3. The highest BCUT2D eigenvalue weighted by Crippen LogP contribution is 2.12. The van der Waals surface area contributed by atoms with Crippen molar-refractivity contribution in [3.8, 4) is 0 Å². The van der Waals surface area contributed by atoms with Gasteiger partial charge in [0.05, 0.1) is 13.1 Å². The number of halogens is 3. The summed E-state index contributed by atoms with van der Waals surface area (Å²) >= 11 is 0. The van der Waals surface area contributed by atoms with Gasteiger partial charge in [0.25, 0.3) is 0 Å². The molecule has 2 aromatic rings. The number of imidazole rings is 1. The first-order valence-electron chi connectivity index (χ1n) is 7.58. The van der Waals surface area contributed by atoms with E-state index in [2.05, 4.69) is 20.6 Å². The first-order valence-corrected chi connectivity index (χ1v) is 7.58. The Labute approximate surface area is 138 Å². The Hall–Kier alpha value is -2.51. The molecule has 1 heterocycles. The van der Waals surface area contributed by atoms with Gasteiger partial charge in [-0.25, -0.2) is 14.4 Å². The largest absolute Gasteiger partial charge is 0.357 e. The molecule has 0 aliphatic rings. The summed E-state index contributed by atoms with van der Waals surface area (Å²) in [7, 11) is 0. The fourth-order valence-electron chi connectivity index (χ4n) is 2.07. The summed E-state index contributed by atoms with van der Waals surface area (Å²) in [6, 6.07) is 4.93. The second kappa shape index (κ2) is 8.37. The normalized spacial score (nSPS) is 11.8. The maximum atomic E-state index is 13.5. The number of rotatable bonds is 6. The SMILES string of the molecule is CCNC(=NCc1ccc(C)c(F)c1)NCc1nccn1C(F)F. The number of alkyl halides is 2. The molecule has 0 atom stereocenters. The van der Waals surface area contributed by atoms with Crippen molar-refractivity contribution in [2.45, 2.75) is 33.5 Å². The Morgan fingerprint density at radius 2 is 2.12 bits per heavy atom. The van der Waals surface area contributed by atoms with E-state index in [1.165, 1.54) is 18.5 Å². The summed E-state index contributed by atoms with van der Waals surface area (Å²) in [4.78, 5) is 8.23. The summed E-state index contributed by atoms with van der Waals surface area (Å²) < 4.78 is 39.9. The topological polar surface area (TPSA) is 54.2 Å². The third-order valence-corrected chi connectivity index (χ3v) is 3.37. The predicted molar refractivity (Wildman–Crippen MR) is 86.3 cm³/mol. The third-order valence-electron chi connectivity index (χ3n) is 3.37. The highest BCUT2D eigenvalue weighted by molar-refractivity contribution is 5.79. The van der Waals surface area contributed by atoms with E-state index in [0.29, 0.717) is 18.1 Å². The van der Waals surface area contributed by atoms with Crippen LogP contribution in [-0.4, -0.2) is 22.1 Å². The van der Waals surface area contributed by atoms with Crippen LogP contribution in [-0.2, 0) is 13.1 Å². The Morgan fingerprint density at radius 3 is 2.79 bits per heavy atom. The summed E-state index contributed by atoms with van der Waals surface area (Å²) in [5, 5.41) is 5.95. The molecule has 5 nitrogen and oxygen atoms in total. The minimum absolute atomic E-state index is 0.103. The Balaban J connectivity index is 2.02. The van der Waals surface area contributed by atoms with E-state index in [-0.39, 0.29) is 24.7 Å². The summed E-state index contributed by atoms with van der Waals surface area (Å²) in [6.45, 7) is 1.93. The minimum Gasteiger partial charge on any atom is -0.357 e. The van der Waals surface area contributed by atoms with E-state index in [1.54, 1.807) is 19.1 Å². The zero-order chi connectivity index (χ0) is 17.5. The van der Waals surface area contributed by atoms with Gasteiger partial charge >= 0.3 is 6.55 Å². The van der Waals surface area contributed by atoms with Crippen molar-refractivity contribution in [1.29, 1.82) is 0 Å². The zero-order valence-electron chi connectivity index (χ0n) is 13.6. The number of hydrogen-bond donors (Lipinski definition) is 2. The molecule has 0 saturated carbocycles. The molecule has 130 valence electrons. The van der Waals surface area contributed by atoms with Crippen LogP contribution in [0.2, 0.25) is 0 Å². The van der Waals surface area contributed by atoms with Crippen LogP contribution in [0.5, 0.6) is 0 Å². The van der Waals surface area contributed by atoms with Gasteiger partial charge < -0.3 is 10.6 Å². The molecule has 0 saturated heterocycles. The molecule has 0 aliphatic heterocycles. The van der Waals surface area contributed by atoms with Crippen LogP contribution in [0.25, 0.3) is 0 Å². The maximum absolute atomic E-state index is 13.5. The van der Waals surface area contributed by atoms with Gasteiger partial charge in [0.15, 0.2) is 5.96 Å². The Kier molecular flexibility index (Phi) is 6.22. The van der Waals surface area contributed by atoms with Crippen molar-refractivity contribution in [2.24, 2.45) is 4.99 Å². The molecule has 0 unspecified atom stereocenters. The average molecular weight is 339 g/mol. The summed E-state index contributed by atoms with van der Waals surface area (Å²) in [6.07, 6.45) is 2.54. The van der Waals surface area contributed by atoms with Crippen LogP contribution >= 0.6 is 0 Å². The quantitative estimate of drug-likeness (QED) is 0.628. The van der Waals surface area contributed by atoms with Crippen molar-refractivity contribution in [2.75, 3.05) is 6.54 Å². The van der Waals surface area contributed by atoms with Crippen molar-refractivity contribution in [3.05, 3.63) is 53.4 Å². The van der Waals surface area contributed by atoms with Gasteiger partial charge in [0, 0.05) is 18.9 Å². The molecule has 0 aliphatic carbocycles. The number of nitrogens with one attached hydrogen (secondary N) is 2. The lowest BCUT2D eigenvalue weighted by Crippen LogP contribution is -2.37. The number of aryl methyl sites for hydroxylation is 1. The molecule has 8 heteroatoms. The summed E-state index contributed by atoms with van der Waals surface area (Å²) in [5.41, 5.74) is 1.30. The number of hydrogen-bond acceptors (Lipinski definition) is 2. The van der Waals surface area contributed by atoms with Gasteiger partial charge in [0.1, 0.15) is 11.6 Å². The fourth-order valence-corrected chi connectivity index (χ4v) is 2.07. The molecule has 0 bridgehead atoms. The molecule has 2 rings (SSSR count). The molecule has 1 aromatic carbocycles. The van der Waals surface area contributed by atoms with E-state index >= 15 is 0 Å². The van der Waals surface area contributed by atoms with E-state index in [9.17, 15) is 13.2 Å². The van der Waals surface area contributed by atoms with Crippen molar-refractivity contribution in [3.63, 3.8) is 0 Å². The third kappa shape index (κ3) is 4.74. The number of aromatic nitrogens is 2. The zero-order valence-corrected chi connectivity index (χ0v) is 13.6. The van der Waals surface area contributed by atoms with Crippen molar-refractivity contribution < 1.29 is 13.2 Å². The molecule has 0 amide bonds. The molecule has 2 N–H and O–H groups in total. The number of nitrogens with zero attached hydrogens (tertiary/aromatic N) is 3. The Bertz CT molecular complexity index is 697. The molecule has 0 fully saturated rings. The van der Waals surface area contributed by atoms with Gasteiger partial charge in [-0.15, -0.1) is 0 Å². The summed E-state index contributed by atoms with van der Waals surface area (Å²) in [5.74, 6) is 0.374. The van der Waals surface area contributed by atoms with Crippen molar-refractivity contribution >= 4 is 5.96 Å². The Morgan fingerprint density at radius 1 is 1.33 bits per heavy atom. The lowest BCUT2D eigenvalue weighted by atomic mass is 10.1. The number of aliphatic imine (C=N–C) groups is 1. The molecular weight excluding hydrogens is 319 g/mol. The first kappa shape index (κ1) is 17.8. The van der Waals surface area contributed by atoms with Crippen LogP contribution in [0.4, 0.5) is 13.2 Å². The fraction of sp³-hybridized carbons (Fsp3) is 0.375. The van der Waals surface area contributed by atoms with E-state index in [4.69, 9.17) is 0 Å². The monoisotopic (exact) mass is 339 g/mol. The molecule has 1 aromatic heterocycles. The number of benzene rings is 1. The standard InChI is InChI=1S/C16H20F3N5/c1-3-20-16(22-9-12-5-4-11(2)13(17)8-12)23-10-14-21-6-7-24(14)15(18)19/h4-8,15H,3,9-10H2,1-2H3,(H2,20,22,23). The van der Waals surface area contributed by atoms with Gasteiger partial charge in [0.2, 0.25) is 0 Å². The molecule has 0 radical (unpaired) electrons. The lowest BCUT2D eigenvalue weighted by molar-refractivity contribution is 0.0668. The number of guanidine groups is 1. The van der Waals surface area contributed by atoms with Crippen LogP contribution in [0.15, 0.2) is 35.6 Å². The predicted octanol–water partition coefficient (Wildman–Crippen LogP) is 2.98.